The molecule has 0 fully saturated rings. The van der Waals surface area contributed by atoms with Crippen LogP contribution in [-0.2, 0) is 12.8 Å². The van der Waals surface area contributed by atoms with Crippen LogP contribution in [0.1, 0.15) is 23.3 Å². The van der Waals surface area contributed by atoms with Crippen LogP contribution in [0.2, 0.25) is 0 Å². The van der Waals surface area contributed by atoms with Crippen molar-refractivity contribution in [1.82, 2.24) is 9.55 Å². The molecule has 0 amide bonds. The lowest BCUT2D eigenvalue weighted by Gasteiger charge is -2.10. The molecule has 0 spiro atoms. The van der Waals surface area contributed by atoms with Gasteiger partial charge in [-0.05, 0) is 67.0 Å². The lowest BCUT2D eigenvalue weighted by molar-refractivity contribution is 0.700. The number of hydrogen-bond donors (Lipinski definition) is 0. The number of fused-ring (bicyclic) bond motifs is 6. The number of pyridine rings is 1. The number of hydrogen-bond acceptors (Lipinski definition) is 2. The van der Waals surface area contributed by atoms with E-state index in [1.807, 2.05) is 23.7 Å². The van der Waals surface area contributed by atoms with Crippen LogP contribution in [0.5, 0.6) is 0 Å². The Balaban J connectivity index is 1.78. The second-order valence-electron chi connectivity index (χ2n) is 7.14. The largest absolute Gasteiger partial charge is 0.309 e. The highest BCUT2D eigenvalue weighted by Crippen LogP contribution is 2.41. The highest BCUT2D eigenvalue weighted by Gasteiger charge is 2.19. The molecule has 2 nitrogen and oxygen atoms in total. The third kappa shape index (κ3) is 1.95. The first-order chi connectivity index (χ1) is 12.9. The van der Waals surface area contributed by atoms with Crippen LogP contribution in [0, 0.1) is 0 Å². The van der Waals surface area contributed by atoms with Gasteiger partial charge in [0, 0.05) is 38.4 Å². The maximum absolute atomic E-state index is 4.41. The molecule has 5 aromatic rings. The Morgan fingerprint density at radius 1 is 0.846 bits per heavy atom. The zero-order valence-electron chi connectivity index (χ0n) is 14.4. The Hall–Kier alpha value is -2.65. The molecule has 6 rings (SSSR count). The summed E-state index contributed by atoms with van der Waals surface area (Å²) >= 11 is 2.00. The molecular formula is C23H18N2S. The quantitative estimate of drug-likeness (QED) is 0.347. The minimum absolute atomic E-state index is 1.21. The van der Waals surface area contributed by atoms with E-state index in [2.05, 4.69) is 58.1 Å². The zero-order chi connectivity index (χ0) is 17.1. The summed E-state index contributed by atoms with van der Waals surface area (Å²) in [4.78, 5) is 6.02. The highest BCUT2D eigenvalue weighted by molar-refractivity contribution is 7.19. The van der Waals surface area contributed by atoms with Gasteiger partial charge in [0.25, 0.3) is 0 Å². The molecule has 1 aliphatic rings. The van der Waals surface area contributed by atoms with Gasteiger partial charge in [0.1, 0.15) is 0 Å². The van der Waals surface area contributed by atoms with E-state index in [9.17, 15) is 0 Å². The van der Waals surface area contributed by atoms with Gasteiger partial charge in [-0.15, -0.1) is 11.3 Å². The fraction of sp³-hybridized carbons (Fsp3) is 0.174. The Morgan fingerprint density at radius 2 is 1.73 bits per heavy atom. The molecule has 2 aromatic carbocycles. The Kier molecular flexibility index (Phi) is 3.03. The van der Waals surface area contributed by atoms with Crippen molar-refractivity contribution in [1.29, 1.82) is 0 Å². The van der Waals surface area contributed by atoms with E-state index >= 15 is 0 Å². The van der Waals surface area contributed by atoms with E-state index in [0.29, 0.717) is 0 Å². The van der Waals surface area contributed by atoms with E-state index in [1.165, 1.54) is 63.3 Å². The number of nitrogens with zero attached hydrogens (tertiary/aromatic N) is 2. The van der Waals surface area contributed by atoms with Crippen molar-refractivity contribution in [3.63, 3.8) is 0 Å². The minimum atomic E-state index is 1.21. The van der Waals surface area contributed by atoms with Crippen molar-refractivity contribution in [3.8, 4) is 5.69 Å². The summed E-state index contributed by atoms with van der Waals surface area (Å²) in [5, 5.41) is 4.02. The van der Waals surface area contributed by atoms with Gasteiger partial charge >= 0.3 is 0 Å². The molecule has 3 heterocycles. The van der Waals surface area contributed by atoms with Gasteiger partial charge in [0.05, 0.1) is 11.0 Å². The lowest BCUT2D eigenvalue weighted by atomic mass is 9.96. The fourth-order valence-electron chi connectivity index (χ4n) is 4.47. The molecule has 26 heavy (non-hydrogen) atoms. The summed E-state index contributed by atoms with van der Waals surface area (Å²) in [6.07, 6.45) is 9.05. The van der Waals surface area contributed by atoms with Gasteiger partial charge in [-0.2, -0.15) is 0 Å². The van der Waals surface area contributed by atoms with Crippen LogP contribution in [0.3, 0.4) is 0 Å². The second-order valence-corrected chi connectivity index (χ2v) is 8.28. The van der Waals surface area contributed by atoms with Gasteiger partial charge in [-0.3, -0.25) is 4.98 Å². The first-order valence-corrected chi connectivity index (χ1v) is 10.1. The number of aryl methyl sites for hydroxylation is 2. The zero-order valence-corrected chi connectivity index (χ0v) is 15.2. The summed E-state index contributed by atoms with van der Waals surface area (Å²) in [5.74, 6) is 0. The summed E-state index contributed by atoms with van der Waals surface area (Å²) in [6, 6.07) is 17.6. The number of para-hydroxylation sites is 1. The van der Waals surface area contributed by atoms with Crippen LogP contribution >= 0.6 is 11.3 Å². The maximum atomic E-state index is 4.41. The van der Waals surface area contributed by atoms with Gasteiger partial charge in [-0.25, -0.2) is 0 Å². The van der Waals surface area contributed by atoms with E-state index in [4.69, 9.17) is 0 Å². The van der Waals surface area contributed by atoms with Crippen molar-refractivity contribution < 1.29 is 0 Å². The first kappa shape index (κ1) is 14.5. The van der Waals surface area contributed by atoms with Gasteiger partial charge < -0.3 is 4.57 Å². The smallest absolute Gasteiger partial charge is 0.0571 e. The molecule has 0 N–H and O–H groups in total. The molecule has 0 aliphatic heterocycles. The molecule has 0 unspecified atom stereocenters. The van der Waals surface area contributed by atoms with E-state index in [0.717, 1.165) is 0 Å². The van der Waals surface area contributed by atoms with Crippen molar-refractivity contribution >= 4 is 43.2 Å². The summed E-state index contributed by atoms with van der Waals surface area (Å²) in [6.45, 7) is 0. The average molecular weight is 354 g/mol. The van der Waals surface area contributed by atoms with Crippen molar-refractivity contribution in [2.75, 3.05) is 0 Å². The minimum Gasteiger partial charge on any atom is -0.309 e. The monoisotopic (exact) mass is 354 g/mol. The number of benzene rings is 2. The average Bonchev–Trinajstić information content (AvgIpc) is 3.22. The summed E-state index contributed by atoms with van der Waals surface area (Å²) in [5.41, 5.74) is 5.32. The van der Waals surface area contributed by atoms with E-state index < -0.39 is 0 Å². The standard InChI is InChI=1S/C23H18N2S/c1-2-6-15(7-3-1)25-20-10-11-24-14-19(20)17-12-18-16-8-4-5-9-22(16)26-23(18)13-21(17)25/h1-3,6-7,10-14H,4-5,8-9H2. The summed E-state index contributed by atoms with van der Waals surface area (Å²) < 4.78 is 3.81. The third-order valence-corrected chi connectivity index (χ3v) is 6.91. The summed E-state index contributed by atoms with van der Waals surface area (Å²) in [7, 11) is 0. The molecule has 126 valence electrons. The Morgan fingerprint density at radius 3 is 2.65 bits per heavy atom. The Labute approximate surface area is 155 Å². The van der Waals surface area contributed by atoms with Crippen LogP contribution < -0.4 is 0 Å². The van der Waals surface area contributed by atoms with Crippen LogP contribution in [0.25, 0.3) is 37.6 Å². The molecule has 0 bridgehead atoms. The lowest BCUT2D eigenvalue weighted by Crippen LogP contribution is -1.97. The van der Waals surface area contributed by atoms with E-state index in [-0.39, 0.29) is 0 Å². The molecule has 0 radical (unpaired) electrons. The molecule has 0 saturated heterocycles. The SMILES string of the molecule is c1ccc(-n2c3ccncc3c3cc4c5c(sc4cc32)CCCC5)cc1. The molecule has 0 atom stereocenters. The molecule has 3 aromatic heterocycles. The Bertz CT molecular complexity index is 1280. The predicted octanol–water partition coefficient (Wildman–Crippen LogP) is 6.27. The molecule has 1 aliphatic carbocycles. The number of rotatable bonds is 1. The fourth-order valence-corrected chi connectivity index (χ4v) is 5.78. The van der Waals surface area contributed by atoms with Crippen LogP contribution in [-0.4, -0.2) is 9.55 Å². The topological polar surface area (TPSA) is 17.8 Å². The van der Waals surface area contributed by atoms with Crippen LogP contribution in [0.4, 0.5) is 0 Å². The van der Waals surface area contributed by atoms with Gasteiger partial charge in [-0.1, -0.05) is 18.2 Å². The normalized spacial score (nSPS) is 14.3. The van der Waals surface area contributed by atoms with Crippen molar-refractivity contribution in [2.24, 2.45) is 0 Å². The number of aromatic nitrogens is 2. The predicted molar refractivity (Wildman–Crippen MR) is 111 cm³/mol. The van der Waals surface area contributed by atoms with Crippen molar-refractivity contribution in [2.45, 2.75) is 25.7 Å². The molecule has 0 saturated carbocycles. The van der Waals surface area contributed by atoms with Crippen molar-refractivity contribution in [3.05, 3.63) is 71.4 Å². The first-order valence-electron chi connectivity index (χ1n) is 9.28. The maximum Gasteiger partial charge on any atom is 0.0571 e. The van der Waals surface area contributed by atoms with E-state index in [1.54, 1.807) is 10.4 Å². The third-order valence-electron chi connectivity index (χ3n) is 5.66. The second kappa shape index (κ2) is 5.42. The van der Waals surface area contributed by atoms with Gasteiger partial charge in [0.15, 0.2) is 0 Å². The number of thiophene rings is 1. The highest BCUT2D eigenvalue weighted by atomic mass is 32.1. The van der Waals surface area contributed by atoms with Gasteiger partial charge in [0.2, 0.25) is 0 Å². The molecular weight excluding hydrogens is 336 g/mol. The van der Waals surface area contributed by atoms with Crippen LogP contribution in [0.15, 0.2) is 60.9 Å². The molecule has 3 heteroatoms.